The van der Waals surface area contributed by atoms with Crippen LogP contribution in [-0.4, -0.2) is 45.7 Å². The number of hydrogen-bond donors (Lipinski definition) is 0. The van der Waals surface area contributed by atoms with Gasteiger partial charge in [-0.15, -0.1) is 11.1 Å². The summed E-state index contributed by atoms with van der Waals surface area (Å²) in [5.41, 5.74) is 3.87. The third kappa shape index (κ3) is 4.87. The molecule has 1 aliphatic heterocycles. The molecule has 36 heavy (non-hydrogen) atoms. The van der Waals surface area contributed by atoms with E-state index in [0.717, 1.165) is 35.9 Å². The molecule has 0 amide bonds. The fourth-order valence-corrected chi connectivity index (χ4v) is 7.64. The van der Waals surface area contributed by atoms with E-state index in [9.17, 15) is 0 Å². The molecule has 0 saturated carbocycles. The van der Waals surface area contributed by atoms with Crippen molar-refractivity contribution in [1.82, 2.24) is 29.5 Å². The van der Waals surface area contributed by atoms with Crippen LogP contribution in [-0.2, 0) is 39.3 Å². The number of rotatable bonds is 2. The first-order valence-electron chi connectivity index (χ1n) is 12.3. The average Bonchev–Trinajstić information content (AvgIpc) is 3.42. The Kier molecular flexibility index (Phi) is 6.95. The smallest absolute Gasteiger partial charge is 0.343 e. The van der Waals surface area contributed by atoms with Crippen molar-refractivity contribution < 1.29 is 21.1 Å². The average molecular weight is 694 g/mol. The van der Waals surface area contributed by atoms with E-state index in [0.29, 0.717) is 0 Å². The van der Waals surface area contributed by atoms with Crippen molar-refractivity contribution in [3.63, 3.8) is 0 Å². The first kappa shape index (κ1) is 26.9. The van der Waals surface area contributed by atoms with Crippen molar-refractivity contribution in [3.05, 3.63) is 71.3 Å². The van der Waals surface area contributed by atoms with Crippen LogP contribution in [0, 0.1) is 12.4 Å². The molecule has 0 atom stereocenters. The molecule has 4 aromatic rings. The van der Waals surface area contributed by atoms with Crippen LogP contribution in [0.1, 0.15) is 36.4 Å². The number of aryl methyl sites for hydroxylation is 2. The van der Waals surface area contributed by atoms with Gasteiger partial charge in [-0.25, -0.2) is 0 Å². The zero-order valence-electron chi connectivity index (χ0n) is 22.4. The Morgan fingerprint density at radius 3 is 1.44 bits per heavy atom. The van der Waals surface area contributed by atoms with Gasteiger partial charge in [0.05, 0.1) is 11.6 Å². The molecular formula is C27H34N6PtSi2. The van der Waals surface area contributed by atoms with E-state index in [-0.39, 0.29) is 21.1 Å². The first-order chi connectivity index (χ1) is 16.3. The molecule has 0 radical (unpaired) electrons. The standard InChI is InChI=1S/C27H34N6Si2.Pt/c1-27(2)21-11-9-13-23(28-21)32-17-19(25(30-32)34(3,4)5)15-16-20-18-33(31-26(20)35(6,7)8)24-14-10-12-22(27)29-24;/h9-14H,15-16H2,1-8H3;/q-2;+2. The number of pyridine rings is 2. The van der Waals surface area contributed by atoms with Gasteiger partial charge >= 0.3 is 21.1 Å². The fourth-order valence-electron chi connectivity index (χ4n) is 4.66. The maximum atomic E-state index is 5.05. The van der Waals surface area contributed by atoms with E-state index >= 15 is 0 Å². The molecule has 9 heteroatoms. The van der Waals surface area contributed by atoms with Crippen LogP contribution in [0.5, 0.6) is 0 Å². The fraction of sp³-hybridized carbons (Fsp3) is 0.407. The Balaban J connectivity index is 0.00000304. The quantitative estimate of drug-likeness (QED) is 0.236. The maximum absolute atomic E-state index is 5.05. The second kappa shape index (κ2) is 9.30. The zero-order valence-corrected chi connectivity index (χ0v) is 26.7. The van der Waals surface area contributed by atoms with Crippen LogP contribution in [0.15, 0.2) is 36.4 Å². The molecule has 5 heterocycles. The van der Waals surface area contributed by atoms with Crippen LogP contribution in [0.25, 0.3) is 11.6 Å². The largest absolute Gasteiger partial charge is 2.00 e. The Morgan fingerprint density at radius 1 is 0.694 bits per heavy atom. The molecule has 5 rings (SSSR count). The van der Waals surface area contributed by atoms with Gasteiger partial charge in [-0.05, 0) is 49.5 Å². The molecule has 1 aliphatic rings. The Labute approximate surface area is 230 Å². The Hall–Kier alpha value is -2.16. The topological polar surface area (TPSA) is 61.4 Å². The molecule has 0 spiro atoms. The molecule has 0 N–H and O–H groups in total. The normalized spacial score (nSPS) is 15.0. The van der Waals surface area contributed by atoms with Crippen LogP contribution >= 0.6 is 0 Å². The molecular weight excluding hydrogens is 660 g/mol. The van der Waals surface area contributed by atoms with Gasteiger partial charge < -0.3 is 9.36 Å². The summed E-state index contributed by atoms with van der Waals surface area (Å²) in [6.45, 7) is 18.4. The molecule has 6 nitrogen and oxygen atoms in total. The van der Waals surface area contributed by atoms with Gasteiger partial charge in [0.25, 0.3) is 0 Å². The predicted molar refractivity (Wildman–Crippen MR) is 146 cm³/mol. The second-order valence-corrected chi connectivity index (χ2v) is 22.0. The minimum atomic E-state index is -1.69. The predicted octanol–water partition coefficient (Wildman–Crippen LogP) is 3.96. The van der Waals surface area contributed by atoms with Crippen LogP contribution < -0.4 is 10.6 Å². The van der Waals surface area contributed by atoms with Gasteiger partial charge in [-0.2, -0.15) is 0 Å². The molecule has 4 aromatic heterocycles. The molecule has 0 unspecified atom stereocenters. The van der Waals surface area contributed by atoms with E-state index in [4.69, 9.17) is 20.2 Å². The maximum Gasteiger partial charge on any atom is 2.00 e. The van der Waals surface area contributed by atoms with Crippen molar-refractivity contribution in [1.29, 1.82) is 0 Å². The number of fused-ring (bicyclic) bond motifs is 10. The van der Waals surface area contributed by atoms with Gasteiger partial charge in [0.1, 0.15) is 0 Å². The summed E-state index contributed by atoms with van der Waals surface area (Å²) in [6.07, 6.45) is 8.90. The Morgan fingerprint density at radius 2 is 1.08 bits per heavy atom. The summed E-state index contributed by atoms with van der Waals surface area (Å²) in [6, 6.07) is 12.3. The number of nitrogens with zero attached hydrogens (tertiary/aromatic N) is 6. The summed E-state index contributed by atoms with van der Waals surface area (Å²) >= 11 is 0. The van der Waals surface area contributed by atoms with Crippen LogP contribution in [0.2, 0.25) is 39.3 Å². The van der Waals surface area contributed by atoms with E-state index in [1.54, 1.807) is 0 Å². The monoisotopic (exact) mass is 693 g/mol. The van der Waals surface area contributed by atoms with Crippen molar-refractivity contribution >= 4 is 26.8 Å². The molecule has 0 aromatic carbocycles. The minimum absolute atomic E-state index is 0. The molecule has 0 fully saturated rings. The third-order valence-electron chi connectivity index (χ3n) is 6.68. The van der Waals surface area contributed by atoms with Gasteiger partial charge in [0, 0.05) is 33.0 Å². The summed E-state index contributed by atoms with van der Waals surface area (Å²) in [5.74, 6) is 1.60. The molecule has 190 valence electrons. The van der Waals surface area contributed by atoms with Crippen molar-refractivity contribution in [2.45, 2.75) is 71.4 Å². The van der Waals surface area contributed by atoms with Crippen molar-refractivity contribution in [3.8, 4) is 11.6 Å². The summed E-state index contributed by atoms with van der Waals surface area (Å²) in [4.78, 5) is 10.1. The molecule has 0 saturated heterocycles. The van der Waals surface area contributed by atoms with E-state index < -0.39 is 21.6 Å². The van der Waals surface area contributed by atoms with Gasteiger partial charge in [-0.1, -0.05) is 75.9 Å². The summed E-state index contributed by atoms with van der Waals surface area (Å²) in [7, 11) is -3.38. The van der Waals surface area contributed by atoms with Crippen molar-refractivity contribution in [2.24, 2.45) is 0 Å². The van der Waals surface area contributed by atoms with Gasteiger partial charge in [0.15, 0.2) is 0 Å². The van der Waals surface area contributed by atoms with Gasteiger partial charge in [-0.3, -0.25) is 20.2 Å². The SMILES string of the molecule is CC1(C)c2cccc(n2)-n2[c-]c(c([Si](C)(C)C)n2)CCc2[c-]n(nc2[Si](C)(C)C)-c2cccc1n2.[Pt+2]. The Bertz CT molecular complexity index is 1300. The van der Waals surface area contributed by atoms with Crippen molar-refractivity contribution in [2.75, 3.05) is 0 Å². The molecule has 8 bridgehead atoms. The van der Waals surface area contributed by atoms with E-state index in [1.807, 2.05) is 21.5 Å². The summed E-state index contributed by atoms with van der Waals surface area (Å²) in [5, 5.41) is 12.5. The zero-order chi connectivity index (χ0) is 25.2. The van der Waals surface area contributed by atoms with Gasteiger partial charge in [0.2, 0.25) is 0 Å². The minimum Gasteiger partial charge on any atom is -0.343 e. The number of aromatic nitrogens is 6. The molecule has 0 aliphatic carbocycles. The summed E-state index contributed by atoms with van der Waals surface area (Å²) < 4.78 is 3.72. The third-order valence-corrected chi connectivity index (χ3v) is 10.3. The van der Waals surface area contributed by atoms with E-state index in [1.165, 1.54) is 21.8 Å². The van der Waals surface area contributed by atoms with E-state index in [2.05, 4.69) is 89.8 Å². The second-order valence-electron chi connectivity index (χ2n) is 12.1. The number of hydrogen-bond acceptors (Lipinski definition) is 4. The van der Waals surface area contributed by atoms with Crippen LogP contribution in [0.4, 0.5) is 0 Å². The van der Waals surface area contributed by atoms with Crippen LogP contribution in [0.3, 0.4) is 0 Å². The first-order valence-corrected chi connectivity index (χ1v) is 19.3.